The van der Waals surface area contributed by atoms with E-state index in [0.717, 1.165) is 38.9 Å². The number of carbonyl (C=O) groups is 1. The number of hydrogen-bond donors (Lipinski definition) is 1. The molecule has 0 spiro atoms. The fourth-order valence-electron chi connectivity index (χ4n) is 6.98. The summed E-state index contributed by atoms with van der Waals surface area (Å²) in [7, 11) is 1.43. The van der Waals surface area contributed by atoms with E-state index in [-0.39, 0.29) is 56.2 Å². The van der Waals surface area contributed by atoms with Crippen LogP contribution >= 0.6 is 0 Å². The minimum Gasteiger partial charge on any atom is -0.508 e. The van der Waals surface area contributed by atoms with Crippen molar-refractivity contribution in [2.24, 2.45) is 11.3 Å². The van der Waals surface area contributed by atoms with E-state index in [4.69, 9.17) is 20.9 Å². The number of hydrogen-bond acceptors (Lipinski definition) is 9. The fourth-order valence-corrected chi connectivity index (χ4v) is 6.98. The van der Waals surface area contributed by atoms with Crippen molar-refractivity contribution in [1.29, 1.82) is 0 Å². The molecule has 0 radical (unpaired) electrons. The van der Waals surface area contributed by atoms with Gasteiger partial charge in [-0.25, -0.2) is 18.2 Å². The fraction of sp³-hybridized carbons (Fsp3) is 0.450. The Balaban J connectivity index is 0.000000672. The minimum absolute atomic E-state index is 0.0151. The van der Waals surface area contributed by atoms with Gasteiger partial charge in [0.25, 0.3) is 0 Å². The van der Waals surface area contributed by atoms with Gasteiger partial charge in [-0.2, -0.15) is 23.1 Å². The maximum atomic E-state index is 17.0. The maximum absolute atomic E-state index is 17.0. The smallest absolute Gasteiger partial charge is 0.449 e. The van der Waals surface area contributed by atoms with Crippen molar-refractivity contribution in [1.82, 2.24) is 19.9 Å². The highest BCUT2D eigenvalue weighted by Crippen LogP contribution is 2.47. The van der Waals surface area contributed by atoms with E-state index in [1.54, 1.807) is 0 Å². The molecule has 0 amide bonds. The zero-order chi connectivity index (χ0) is 39.7. The van der Waals surface area contributed by atoms with E-state index in [1.165, 1.54) is 31.4 Å². The van der Waals surface area contributed by atoms with Crippen molar-refractivity contribution < 1.29 is 45.7 Å². The summed E-state index contributed by atoms with van der Waals surface area (Å²) in [4.78, 5) is 27.7. The lowest BCUT2D eigenvalue weighted by atomic mass is 9.95. The molecule has 2 aliphatic heterocycles. The number of phenols is 1. The number of Topliss-reactive ketones (excluding diaryl/α,β-unsaturated/α-hetero) is 1. The molecule has 1 unspecified atom stereocenters. The van der Waals surface area contributed by atoms with Crippen LogP contribution in [0.4, 0.5) is 32.2 Å². The molecule has 1 aliphatic carbocycles. The number of phenolic OH excluding ortho intramolecular Hbond substituents is 1. The van der Waals surface area contributed by atoms with Gasteiger partial charge in [-0.1, -0.05) is 31.1 Å². The molecule has 2 aromatic heterocycles. The number of rotatable bonds is 8. The van der Waals surface area contributed by atoms with E-state index in [2.05, 4.69) is 39.9 Å². The summed E-state index contributed by atoms with van der Waals surface area (Å²) < 4.78 is 90.3. The van der Waals surface area contributed by atoms with Crippen molar-refractivity contribution in [3.63, 3.8) is 0 Å². The summed E-state index contributed by atoms with van der Waals surface area (Å²) in [5.41, 5.74) is -0.374. The number of carbonyl (C=O) groups excluding carboxylic acids is 1. The number of terminal acetylenes is 1. The lowest BCUT2D eigenvalue weighted by Gasteiger charge is -2.31. The van der Waals surface area contributed by atoms with Gasteiger partial charge in [-0.15, -0.1) is 6.42 Å². The SMILES string of the molecule is C#Cc1c(F)ccc2cc(O)cc(-c3nc(OC)c4c(N5CC=CCC(C)C5)nc(OCC5(CN6CCC(F)CC6)CC5)nc4c3F)c12.CC(=O)C(F)(F)F. The first-order valence-corrected chi connectivity index (χ1v) is 18.0. The Morgan fingerprint density at radius 3 is 2.44 bits per heavy atom. The number of fused-ring (bicyclic) bond motifs is 2. The molecule has 7 rings (SSSR count). The van der Waals surface area contributed by atoms with E-state index < -0.39 is 29.8 Å². The predicted octanol–water partition coefficient (Wildman–Crippen LogP) is 7.95. The first-order chi connectivity index (χ1) is 26.1. The van der Waals surface area contributed by atoms with Crippen LogP contribution < -0.4 is 14.4 Å². The number of benzene rings is 2. The summed E-state index contributed by atoms with van der Waals surface area (Å²) in [6, 6.07) is 5.44. The Hall–Kier alpha value is -5.10. The normalized spacial score (nSPS) is 18.7. The number of alkyl halides is 4. The predicted molar refractivity (Wildman–Crippen MR) is 196 cm³/mol. The Kier molecular flexibility index (Phi) is 11.5. The summed E-state index contributed by atoms with van der Waals surface area (Å²) in [6.07, 6.45) is 8.40. The zero-order valence-corrected chi connectivity index (χ0v) is 30.7. The number of nitrogens with zero attached hydrogens (tertiary/aromatic N) is 5. The van der Waals surface area contributed by atoms with Crippen molar-refractivity contribution in [2.45, 2.75) is 58.3 Å². The van der Waals surface area contributed by atoms with Gasteiger partial charge in [0, 0.05) is 56.0 Å². The number of methoxy groups -OCH3 is 1. The summed E-state index contributed by atoms with van der Waals surface area (Å²) >= 11 is 0. The van der Waals surface area contributed by atoms with Crippen LogP contribution in [0.25, 0.3) is 32.9 Å². The lowest BCUT2D eigenvalue weighted by Crippen LogP contribution is -2.39. The van der Waals surface area contributed by atoms with Crippen molar-refractivity contribution in [3.05, 3.63) is 53.6 Å². The largest absolute Gasteiger partial charge is 0.508 e. The number of allylic oxidation sites excluding steroid dienone is 1. The number of halogens is 6. The number of anilines is 1. The third-order valence-corrected chi connectivity index (χ3v) is 10.2. The van der Waals surface area contributed by atoms with Crippen LogP contribution in [0.1, 0.15) is 51.5 Å². The first kappa shape index (κ1) is 39.6. The van der Waals surface area contributed by atoms with Gasteiger partial charge in [0.1, 0.15) is 40.2 Å². The Morgan fingerprint density at radius 1 is 1.09 bits per heavy atom. The van der Waals surface area contributed by atoms with Crippen molar-refractivity contribution in [3.8, 4) is 41.2 Å². The average Bonchev–Trinajstić information content (AvgIpc) is 3.95. The van der Waals surface area contributed by atoms with Crippen LogP contribution in [0.2, 0.25) is 0 Å². The zero-order valence-electron chi connectivity index (χ0n) is 30.7. The van der Waals surface area contributed by atoms with Crippen LogP contribution in [-0.4, -0.2) is 89.5 Å². The van der Waals surface area contributed by atoms with E-state index >= 15 is 4.39 Å². The summed E-state index contributed by atoms with van der Waals surface area (Å²) in [6.45, 7) is 6.35. The molecule has 1 saturated heterocycles. The van der Waals surface area contributed by atoms with Crippen LogP contribution in [0.3, 0.4) is 0 Å². The third kappa shape index (κ3) is 8.75. The highest BCUT2D eigenvalue weighted by atomic mass is 19.4. The molecule has 1 N–H and O–H groups in total. The number of likely N-dealkylation sites (tertiary alicyclic amines) is 1. The van der Waals surface area contributed by atoms with Crippen molar-refractivity contribution in [2.75, 3.05) is 51.3 Å². The van der Waals surface area contributed by atoms with Gasteiger partial charge >= 0.3 is 12.2 Å². The highest BCUT2D eigenvalue weighted by Gasteiger charge is 2.45. The number of piperidine rings is 1. The standard InChI is InChI=1S/C37H38F3N5O3.C3H3F3O/c1-4-26-28(39)9-8-23-17-25(46)18-27(29(23)26)32-31(40)33-30(35(41-32)47-3)34(45-14-6-5-7-22(2)19-45)43-36(42-33)48-21-37(12-13-37)20-44-15-10-24(38)11-16-44;1-2(7)3(4,5)6/h1,5-6,8-9,17-18,22,24,46H,7,10-16,19-21H2,2-3H3;1H3. The molecule has 2 fully saturated rings. The Morgan fingerprint density at radius 2 is 1.80 bits per heavy atom. The van der Waals surface area contributed by atoms with Gasteiger partial charge in [0.15, 0.2) is 5.82 Å². The van der Waals surface area contributed by atoms with Gasteiger partial charge in [-0.05, 0) is 61.6 Å². The van der Waals surface area contributed by atoms with Gasteiger partial charge in [-0.3, -0.25) is 4.79 Å². The molecule has 2 aromatic carbocycles. The number of ketones is 1. The molecule has 1 saturated carbocycles. The van der Waals surface area contributed by atoms with Crippen LogP contribution in [-0.2, 0) is 4.79 Å². The monoisotopic (exact) mass is 769 g/mol. The van der Waals surface area contributed by atoms with E-state index in [1.807, 2.05) is 4.90 Å². The molecule has 1 atom stereocenters. The summed E-state index contributed by atoms with van der Waals surface area (Å²) in [5.74, 6) is -0.242. The topological polar surface area (TPSA) is 101 Å². The van der Waals surface area contributed by atoms with Gasteiger partial charge in [0.2, 0.25) is 11.7 Å². The molecule has 55 heavy (non-hydrogen) atoms. The molecular formula is C40H41F6N5O4. The maximum Gasteiger partial charge on any atom is 0.449 e. The first-order valence-electron chi connectivity index (χ1n) is 18.0. The highest BCUT2D eigenvalue weighted by molar-refractivity contribution is 6.04. The second-order valence-corrected chi connectivity index (χ2v) is 14.5. The molecule has 292 valence electrons. The number of pyridine rings is 1. The average molecular weight is 770 g/mol. The number of ether oxygens (including phenoxy) is 2. The van der Waals surface area contributed by atoms with Crippen molar-refractivity contribution >= 4 is 33.3 Å². The van der Waals surface area contributed by atoms with E-state index in [0.29, 0.717) is 56.6 Å². The number of aromatic nitrogens is 3. The molecular weight excluding hydrogens is 728 g/mol. The van der Waals surface area contributed by atoms with Crippen LogP contribution in [0, 0.1) is 35.3 Å². The quantitative estimate of drug-likeness (QED) is 0.109. The second kappa shape index (κ2) is 15.9. The van der Waals surface area contributed by atoms with Crippen LogP contribution in [0.15, 0.2) is 36.4 Å². The summed E-state index contributed by atoms with van der Waals surface area (Å²) in [5, 5.41) is 11.5. The molecule has 15 heteroatoms. The molecule has 9 nitrogen and oxygen atoms in total. The third-order valence-electron chi connectivity index (χ3n) is 10.2. The van der Waals surface area contributed by atoms with E-state index in [9.17, 15) is 31.9 Å². The Labute approximate surface area is 314 Å². The van der Waals surface area contributed by atoms with Gasteiger partial charge < -0.3 is 24.4 Å². The molecule has 3 aliphatic rings. The van der Waals surface area contributed by atoms with Gasteiger partial charge in [0.05, 0.1) is 19.3 Å². The molecule has 0 bridgehead atoms. The molecule has 4 heterocycles. The number of aromatic hydroxyl groups is 1. The van der Waals surface area contributed by atoms with Crippen LogP contribution in [0.5, 0.6) is 17.6 Å². The minimum atomic E-state index is -4.64. The molecule has 4 aromatic rings. The Bertz CT molecular complexity index is 2160. The second-order valence-electron chi connectivity index (χ2n) is 14.5. The lowest BCUT2D eigenvalue weighted by molar-refractivity contribution is -0.168.